The molecule has 2 aromatic heterocycles. The molecule has 304 valence electrons. The molecule has 0 saturated carbocycles. The lowest BCUT2D eigenvalue weighted by Crippen LogP contribution is -2.10. The Hall–Kier alpha value is -8.66. The molecule has 13 aromatic rings. The molecular weight excluding hydrogens is 789 g/mol. The number of nitrogens with zero attached hydrogens (tertiary/aromatic N) is 2. The van der Waals surface area contributed by atoms with Gasteiger partial charge in [-0.2, -0.15) is 0 Å². The van der Waals surface area contributed by atoms with Crippen LogP contribution in [0.5, 0.6) is 0 Å². The summed E-state index contributed by atoms with van der Waals surface area (Å²) in [6, 6.07) is 87.7. The summed E-state index contributed by atoms with van der Waals surface area (Å²) in [5.74, 6) is 0. The molecule has 2 heterocycles. The van der Waals surface area contributed by atoms with Gasteiger partial charge in [-0.3, -0.25) is 0 Å². The van der Waals surface area contributed by atoms with Crippen molar-refractivity contribution in [1.82, 2.24) is 4.57 Å². The van der Waals surface area contributed by atoms with E-state index in [1.54, 1.807) is 0 Å². The highest BCUT2D eigenvalue weighted by Gasteiger charge is 2.20. The van der Waals surface area contributed by atoms with Crippen molar-refractivity contribution in [2.75, 3.05) is 4.90 Å². The van der Waals surface area contributed by atoms with Crippen LogP contribution in [0, 0.1) is 0 Å². The van der Waals surface area contributed by atoms with E-state index in [4.69, 9.17) is 4.42 Å². The van der Waals surface area contributed by atoms with Crippen LogP contribution in [0.15, 0.2) is 247 Å². The molecule has 0 fully saturated rings. The first-order chi connectivity index (χ1) is 32.2. The average Bonchev–Trinajstić information content (AvgIpc) is 3.92. The number of anilines is 3. The van der Waals surface area contributed by atoms with Crippen LogP contribution in [-0.2, 0) is 0 Å². The molecule has 0 amide bonds. The van der Waals surface area contributed by atoms with Gasteiger partial charge in [0, 0.05) is 55.7 Å². The largest absolute Gasteiger partial charge is 0.455 e. The first-order valence-electron chi connectivity index (χ1n) is 22.2. The zero-order valence-corrected chi connectivity index (χ0v) is 35.4. The first-order valence-corrected chi connectivity index (χ1v) is 22.2. The maximum atomic E-state index is 6.78. The maximum Gasteiger partial charge on any atom is 0.143 e. The summed E-state index contributed by atoms with van der Waals surface area (Å²) in [5, 5.41) is 9.42. The molecule has 3 heteroatoms. The minimum absolute atomic E-state index is 0.855. The Labute approximate surface area is 376 Å². The number of hydrogen-bond donors (Lipinski definition) is 0. The van der Waals surface area contributed by atoms with Gasteiger partial charge in [0.2, 0.25) is 0 Å². The van der Waals surface area contributed by atoms with Crippen LogP contribution in [-0.4, -0.2) is 4.57 Å². The quantitative estimate of drug-likeness (QED) is 0.160. The lowest BCUT2D eigenvalue weighted by Gasteiger charge is -2.26. The van der Waals surface area contributed by atoms with Crippen molar-refractivity contribution in [2.45, 2.75) is 0 Å². The van der Waals surface area contributed by atoms with E-state index in [2.05, 4.69) is 252 Å². The normalized spacial score (nSPS) is 11.7. The van der Waals surface area contributed by atoms with E-state index in [0.29, 0.717) is 0 Å². The second-order valence-electron chi connectivity index (χ2n) is 16.9. The monoisotopic (exact) mass is 828 g/mol. The molecule has 0 spiro atoms. The van der Waals surface area contributed by atoms with E-state index < -0.39 is 0 Å². The molecule has 3 nitrogen and oxygen atoms in total. The van der Waals surface area contributed by atoms with Gasteiger partial charge in [0.1, 0.15) is 11.2 Å². The van der Waals surface area contributed by atoms with E-state index in [1.165, 1.54) is 60.3 Å². The predicted molar refractivity (Wildman–Crippen MR) is 274 cm³/mol. The van der Waals surface area contributed by atoms with Crippen molar-refractivity contribution >= 4 is 82.4 Å². The molecule has 0 N–H and O–H groups in total. The topological polar surface area (TPSA) is 21.3 Å². The fourth-order valence-corrected chi connectivity index (χ4v) is 10.0. The highest BCUT2D eigenvalue weighted by molar-refractivity contribution is 6.16. The van der Waals surface area contributed by atoms with Crippen LogP contribution in [0.3, 0.4) is 0 Å². The summed E-state index contributed by atoms with van der Waals surface area (Å²) in [6.45, 7) is 0. The number of hydrogen-bond acceptors (Lipinski definition) is 2. The van der Waals surface area contributed by atoms with E-state index in [-0.39, 0.29) is 0 Å². The minimum atomic E-state index is 0.855. The van der Waals surface area contributed by atoms with Crippen molar-refractivity contribution in [3.05, 3.63) is 243 Å². The zero-order chi connectivity index (χ0) is 42.8. The first kappa shape index (κ1) is 36.9. The Bertz CT molecular complexity index is 3840. The zero-order valence-electron chi connectivity index (χ0n) is 35.4. The number of fused-ring (bicyclic) bond motifs is 9. The molecule has 0 bridgehead atoms. The average molecular weight is 829 g/mol. The van der Waals surface area contributed by atoms with Crippen LogP contribution < -0.4 is 4.90 Å². The summed E-state index contributed by atoms with van der Waals surface area (Å²) in [4.78, 5) is 2.36. The van der Waals surface area contributed by atoms with Gasteiger partial charge in [0.25, 0.3) is 0 Å². The van der Waals surface area contributed by atoms with Crippen LogP contribution >= 0.6 is 0 Å². The van der Waals surface area contributed by atoms with Gasteiger partial charge in [-0.05, 0) is 122 Å². The Morgan fingerprint density at radius 1 is 0.308 bits per heavy atom. The minimum Gasteiger partial charge on any atom is -0.455 e. The fraction of sp³-hybridized carbons (Fsp3) is 0. The molecule has 0 unspecified atom stereocenters. The molecule has 0 radical (unpaired) electrons. The third-order valence-electron chi connectivity index (χ3n) is 13.2. The molecule has 65 heavy (non-hydrogen) atoms. The lowest BCUT2D eigenvalue weighted by atomic mass is 9.98. The van der Waals surface area contributed by atoms with Gasteiger partial charge < -0.3 is 13.9 Å². The standard InChI is InChI=1S/C62H40N2O/c1-3-13-41(14-4-1)46-28-35-59-57(37-46)58-38-47(42-15-5-2-6-16-42)29-36-60(58)64(59)50-21-12-20-49(39-50)63(48-30-25-45(26-31-48)53-24-11-19-43-17-7-9-22-52(43)53)51-32-34-55-56-33-27-44-18-8-10-23-54(44)62(56)65-61(55)40-51/h1-40H. The molecule has 11 aromatic carbocycles. The van der Waals surface area contributed by atoms with Crippen LogP contribution in [0.1, 0.15) is 0 Å². The van der Waals surface area contributed by atoms with Gasteiger partial charge in [0.15, 0.2) is 0 Å². The summed E-state index contributed by atoms with van der Waals surface area (Å²) in [6.07, 6.45) is 0. The predicted octanol–water partition coefficient (Wildman–Crippen LogP) is 17.5. The summed E-state index contributed by atoms with van der Waals surface area (Å²) >= 11 is 0. The second-order valence-corrected chi connectivity index (χ2v) is 16.9. The smallest absolute Gasteiger partial charge is 0.143 e. The third-order valence-corrected chi connectivity index (χ3v) is 13.2. The Balaban J connectivity index is 0.997. The van der Waals surface area contributed by atoms with Crippen molar-refractivity contribution in [3.8, 4) is 39.1 Å². The Kier molecular flexibility index (Phi) is 8.53. The van der Waals surface area contributed by atoms with Gasteiger partial charge in [0.05, 0.1) is 11.0 Å². The van der Waals surface area contributed by atoms with Gasteiger partial charge in [-0.25, -0.2) is 0 Å². The molecule has 0 aliphatic rings. The van der Waals surface area contributed by atoms with E-state index in [0.717, 1.165) is 61.1 Å². The van der Waals surface area contributed by atoms with Gasteiger partial charge in [-0.1, -0.05) is 164 Å². The Morgan fingerprint density at radius 3 is 1.57 bits per heavy atom. The lowest BCUT2D eigenvalue weighted by molar-refractivity contribution is 0.672. The van der Waals surface area contributed by atoms with Crippen LogP contribution in [0.4, 0.5) is 17.1 Å². The molecule has 0 aliphatic heterocycles. The van der Waals surface area contributed by atoms with E-state index >= 15 is 0 Å². The summed E-state index contributed by atoms with van der Waals surface area (Å²) in [5.41, 5.74) is 15.5. The van der Waals surface area contributed by atoms with Gasteiger partial charge in [-0.15, -0.1) is 0 Å². The van der Waals surface area contributed by atoms with Crippen molar-refractivity contribution in [2.24, 2.45) is 0 Å². The number of rotatable bonds is 7. The van der Waals surface area contributed by atoms with Crippen molar-refractivity contribution in [1.29, 1.82) is 0 Å². The van der Waals surface area contributed by atoms with E-state index in [1.807, 2.05) is 0 Å². The van der Waals surface area contributed by atoms with Crippen molar-refractivity contribution in [3.63, 3.8) is 0 Å². The molecular formula is C62H40N2O. The third kappa shape index (κ3) is 6.20. The number of aromatic nitrogens is 1. The molecule has 0 atom stereocenters. The highest BCUT2D eigenvalue weighted by Crippen LogP contribution is 2.43. The van der Waals surface area contributed by atoms with Crippen LogP contribution in [0.2, 0.25) is 0 Å². The van der Waals surface area contributed by atoms with Crippen LogP contribution in [0.25, 0.3) is 104 Å². The molecule has 0 aliphatic carbocycles. The highest BCUT2D eigenvalue weighted by atomic mass is 16.3. The molecule has 0 saturated heterocycles. The summed E-state index contributed by atoms with van der Waals surface area (Å²) < 4.78 is 9.20. The maximum absolute atomic E-state index is 6.78. The van der Waals surface area contributed by atoms with Crippen molar-refractivity contribution < 1.29 is 4.42 Å². The van der Waals surface area contributed by atoms with E-state index in [9.17, 15) is 0 Å². The summed E-state index contributed by atoms with van der Waals surface area (Å²) in [7, 11) is 0. The number of benzene rings is 11. The second kappa shape index (κ2) is 15.0. The Morgan fingerprint density at radius 2 is 0.862 bits per heavy atom. The number of furan rings is 1. The van der Waals surface area contributed by atoms with Gasteiger partial charge >= 0.3 is 0 Å². The SMILES string of the molecule is c1ccc(-c2ccc3c(c2)c2cc(-c4ccccc4)ccc2n3-c2cccc(N(c3ccc(-c4cccc5ccccc45)cc3)c3ccc4c(c3)oc3c5ccccc5ccc43)c2)cc1. The molecule has 13 rings (SSSR count). The fourth-order valence-electron chi connectivity index (χ4n) is 10.0.